The Hall–Kier alpha value is -18.6. The molecular weight excluding hydrogens is 1660 g/mol. The van der Waals surface area contributed by atoms with Gasteiger partial charge in [0.15, 0.2) is 33.5 Å². The lowest BCUT2D eigenvalue weighted by Gasteiger charge is -2.26. The standard InChI is InChI=1S/C120H71N9O6/c1-5-23-84(24-6-1)127(85-25-7-2-8-26-85)90-49-57-112-106(69-90)123-119(133-112)83-46-56-111-105(68-83)126-120(135-111)102-64-78-38-37-76(62-99(78)94-33-16-18-35-96(94)102)73-40-47-88(48-41-73)128(86-27-9-3-10-28-86)91-50-58-113-107(70-91)124-117(132-113)82-45-55-110-104(67-82)122-116(131-110)80-43-53-98-100-63-77(42-52-97(100)93-32-15-17-34-95(93)101(98)65-80)75-22-19-31-89(61-75)129(87-29-11-4-12-30-87)92-51-59-114-108(71-92)125-118(134-114)81-44-54-109-103(66-81)121-115(130-109)79-39-36-72-20-13-14-21-74(72)60-79/h1-71H. The first-order valence-corrected chi connectivity index (χ1v) is 44.9. The third-order valence-corrected chi connectivity index (χ3v) is 25.9. The van der Waals surface area contributed by atoms with Gasteiger partial charge in [-0.25, -0.2) is 29.9 Å². The highest BCUT2D eigenvalue weighted by molar-refractivity contribution is 6.26. The zero-order valence-corrected chi connectivity index (χ0v) is 72.0. The molecule has 6 heterocycles. The van der Waals surface area contributed by atoms with Crippen molar-refractivity contribution >= 4 is 182 Å². The van der Waals surface area contributed by atoms with Crippen molar-refractivity contribution < 1.29 is 26.5 Å². The van der Waals surface area contributed by atoms with Crippen molar-refractivity contribution in [3.63, 3.8) is 0 Å². The van der Waals surface area contributed by atoms with E-state index in [1.807, 2.05) is 140 Å². The molecule has 135 heavy (non-hydrogen) atoms. The average Bonchev–Trinajstić information content (AvgIpc) is 1.68. The van der Waals surface area contributed by atoms with Gasteiger partial charge >= 0.3 is 0 Å². The van der Waals surface area contributed by atoms with E-state index in [0.717, 1.165) is 188 Å². The Labute approximate surface area is 770 Å². The number of rotatable bonds is 17. The van der Waals surface area contributed by atoms with E-state index >= 15 is 0 Å². The first-order valence-electron chi connectivity index (χ1n) is 44.9. The van der Waals surface area contributed by atoms with Gasteiger partial charge in [-0.3, -0.25) is 0 Å². The van der Waals surface area contributed by atoms with Crippen LogP contribution >= 0.6 is 0 Å². The number of hydrogen-bond donors (Lipinski definition) is 0. The fourth-order valence-electron chi connectivity index (χ4n) is 19.4. The van der Waals surface area contributed by atoms with Gasteiger partial charge in [0, 0.05) is 84.6 Å². The summed E-state index contributed by atoms with van der Waals surface area (Å²) in [5, 5.41) is 13.4. The maximum absolute atomic E-state index is 6.66. The molecule has 0 bridgehead atoms. The fraction of sp³-hybridized carbons (Fsp3) is 0. The highest BCUT2D eigenvalue weighted by atomic mass is 16.4. The van der Waals surface area contributed by atoms with E-state index in [-0.39, 0.29) is 0 Å². The molecular formula is C120H71N9O6. The van der Waals surface area contributed by atoms with Crippen molar-refractivity contribution in [2.45, 2.75) is 0 Å². The van der Waals surface area contributed by atoms with Gasteiger partial charge in [-0.05, 0) is 311 Å². The quantitative estimate of drug-likeness (QED) is 0.0790. The molecule has 27 aromatic rings. The molecule has 0 fully saturated rings. The number of fused-ring (bicyclic) bond motifs is 16. The van der Waals surface area contributed by atoms with E-state index in [4.69, 9.17) is 56.4 Å². The van der Waals surface area contributed by atoms with Crippen molar-refractivity contribution in [3.05, 3.63) is 431 Å². The molecule has 21 aromatic carbocycles. The number of nitrogens with zero attached hydrogens (tertiary/aromatic N) is 9. The number of aromatic nitrogens is 6. The summed E-state index contributed by atoms with van der Waals surface area (Å²) in [6.45, 7) is 0. The van der Waals surface area contributed by atoms with Crippen molar-refractivity contribution in [1.82, 2.24) is 29.9 Å². The summed E-state index contributed by atoms with van der Waals surface area (Å²) in [7, 11) is 0. The molecule has 0 saturated heterocycles. The highest BCUT2D eigenvalue weighted by Crippen LogP contribution is 2.48. The third kappa shape index (κ3) is 13.4. The number of anilines is 9. The zero-order valence-electron chi connectivity index (χ0n) is 72.0. The summed E-state index contributed by atoms with van der Waals surface area (Å²) in [5.74, 6) is 3.08. The Morgan fingerprint density at radius 1 is 0.141 bits per heavy atom. The van der Waals surface area contributed by atoms with Gasteiger partial charge in [-0.2, -0.15) is 0 Å². The summed E-state index contributed by atoms with van der Waals surface area (Å²) in [6, 6.07) is 149. The fourth-order valence-corrected chi connectivity index (χ4v) is 19.4. The lowest BCUT2D eigenvalue weighted by Crippen LogP contribution is -2.09. The molecule has 0 aliphatic carbocycles. The molecule has 632 valence electrons. The molecule has 0 atom stereocenters. The van der Waals surface area contributed by atoms with Crippen LogP contribution < -0.4 is 14.7 Å². The molecule has 0 spiro atoms. The van der Waals surface area contributed by atoms with E-state index in [2.05, 4.69) is 306 Å². The Kier molecular flexibility index (Phi) is 17.6. The highest BCUT2D eigenvalue weighted by Gasteiger charge is 2.26. The summed E-state index contributed by atoms with van der Waals surface area (Å²) in [5.41, 5.74) is 26.6. The molecule has 0 saturated carbocycles. The Bertz CT molecular complexity index is 9390. The van der Waals surface area contributed by atoms with Crippen LogP contribution in [0.15, 0.2) is 457 Å². The normalized spacial score (nSPS) is 11.9. The summed E-state index contributed by atoms with van der Waals surface area (Å²) in [4.78, 5) is 37.3. The number of para-hydroxylation sites is 4. The Morgan fingerprint density at radius 3 is 0.919 bits per heavy atom. The number of hydrogen-bond acceptors (Lipinski definition) is 15. The SMILES string of the molecule is c1ccc(N(c2ccc(-c3ccc4cc(-c5nc6cc(-c7nc8cc(N(c9ccccc9)c9ccccc9)ccc8o7)ccc6o5)c5ccccc5c4c3)cc2)c2ccc3oc(-c4ccc5oc(-c6ccc7c8cc(-c9cccc(N(c%10ccccc%10)c%10ccc%11oc(-c%12ccc%13oc(-c%14ccc%15ccccc%15c%14)nc%13c%12)nc%11c%10)c9)ccc8c8ccccc8c7c6)nc5c4)nc3c2)cc1. The van der Waals surface area contributed by atoms with Gasteiger partial charge in [0.2, 0.25) is 35.3 Å². The molecule has 15 heteroatoms. The van der Waals surface area contributed by atoms with E-state index in [1.54, 1.807) is 0 Å². The van der Waals surface area contributed by atoms with Crippen LogP contribution in [0.5, 0.6) is 0 Å². The Morgan fingerprint density at radius 2 is 0.422 bits per heavy atom. The molecule has 0 N–H and O–H groups in total. The van der Waals surface area contributed by atoms with Crippen molar-refractivity contribution in [3.8, 4) is 91.0 Å². The molecule has 0 unspecified atom stereocenters. The second kappa shape index (κ2) is 31.1. The van der Waals surface area contributed by atoms with E-state index in [1.165, 1.54) is 0 Å². The second-order valence-corrected chi connectivity index (χ2v) is 34.1. The average molecular weight is 1730 g/mol. The molecule has 0 aliphatic heterocycles. The van der Waals surface area contributed by atoms with Gasteiger partial charge in [0.05, 0.1) is 0 Å². The minimum absolute atomic E-state index is 0.475. The minimum Gasteiger partial charge on any atom is -0.436 e. The smallest absolute Gasteiger partial charge is 0.227 e. The second-order valence-electron chi connectivity index (χ2n) is 34.1. The number of oxazole rings is 6. The molecule has 0 amide bonds. The lowest BCUT2D eigenvalue weighted by molar-refractivity contribution is 0.617. The molecule has 0 aliphatic rings. The van der Waals surface area contributed by atoms with Crippen molar-refractivity contribution in [2.24, 2.45) is 0 Å². The van der Waals surface area contributed by atoms with Crippen molar-refractivity contribution in [2.75, 3.05) is 14.7 Å². The maximum atomic E-state index is 6.66. The van der Waals surface area contributed by atoms with E-state index in [9.17, 15) is 0 Å². The van der Waals surface area contributed by atoms with Crippen LogP contribution in [0.4, 0.5) is 51.2 Å². The van der Waals surface area contributed by atoms with Crippen LogP contribution in [0.3, 0.4) is 0 Å². The number of benzene rings is 21. The van der Waals surface area contributed by atoms with Crippen LogP contribution in [0.25, 0.3) is 222 Å². The van der Waals surface area contributed by atoms with E-state index < -0.39 is 0 Å². The van der Waals surface area contributed by atoms with Gasteiger partial charge < -0.3 is 41.2 Å². The molecule has 6 aromatic heterocycles. The molecule has 15 nitrogen and oxygen atoms in total. The van der Waals surface area contributed by atoms with Crippen molar-refractivity contribution in [1.29, 1.82) is 0 Å². The predicted octanol–water partition coefficient (Wildman–Crippen LogP) is 33.2. The topological polar surface area (TPSA) is 166 Å². The summed E-state index contributed by atoms with van der Waals surface area (Å²) >= 11 is 0. The molecule has 0 radical (unpaired) electrons. The van der Waals surface area contributed by atoms with Gasteiger partial charge in [-0.1, -0.05) is 206 Å². The van der Waals surface area contributed by atoms with Gasteiger partial charge in [0.25, 0.3) is 0 Å². The lowest BCUT2D eigenvalue weighted by atomic mass is 9.91. The third-order valence-electron chi connectivity index (χ3n) is 25.9. The zero-order chi connectivity index (χ0) is 88.7. The monoisotopic (exact) mass is 1730 g/mol. The van der Waals surface area contributed by atoms with Crippen LogP contribution in [-0.4, -0.2) is 29.9 Å². The summed E-state index contributed by atoms with van der Waals surface area (Å²) < 4.78 is 39.1. The predicted molar refractivity (Wildman–Crippen MR) is 544 cm³/mol. The minimum atomic E-state index is 0.475. The van der Waals surface area contributed by atoms with Gasteiger partial charge in [0.1, 0.15) is 33.1 Å². The first-order chi connectivity index (χ1) is 66.8. The van der Waals surface area contributed by atoms with Crippen LogP contribution in [0.1, 0.15) is 0 Å². The first kappa shape index (κ1) is 76.4. The van der Waals surface area contributed by atoms with Crippen LogP contribution in [0, 0.1) is 0 Å². The van der Waals surface area contributed by atoms with Crippen LogP contribution in [-0.2, 0) is 0 Å². The Balaban J connectivity index is 0.450. The maximum Gasteiger partial charge on any atom is 0.227 e. The van der Waals surface area contributed by atoms with Crippen LogP contribution in [0.2, 0.25) is 0 Å². The molecule has 27 rings (SSSR count). The van der Waals surface area contributed by atoms with Gasteiger partial charge in [-0.15, -0.1) is 0 Å². The van der Waals surface area contributed by atoms with E-state index in [0.29, 0.717) is 85.4 Å². The largest absolute Gasteiger partial charge is 0.436 e. The summed E-state index contributed by atoms with van der Waals surface area (Å²) in [6.07, 6.45) is 0.